The Morgan fingerprint density at radius 3 is 2.35 bits per heavy atom. The third kappa shape index (κ3) is 6.01. The highest BCUT2D eigenvalue weighted by Crippen LogP contribution is 2.27. The molecular formula is C24H28N2O5. The van der Waals surface area contributed by atoms with Crippen LogP contribution < -0.4 is 19.5 Å². The quantitative estimate of drug-likeness (QED) is 0.533. The minimum atomic E-state index is -0.0233. The maximum Gasteiger partial charge on any atom is 0.224 e. The fourth-order valence-corrected chi connectivity index (χ4v) is 3.20. The van der Waals surface area contributed by atoms with Crippen LogP contribution in [-0.4, -0.2) is 31.8 Å². The molecule has 0 spiro atoms. The van der Waals surface area contributed by atoms with E-state index in [0.717, 1.165) is 33.9 Å². The molecule has 7 nitrogen and oxygen atoms in total. The van der Waals surface area contributed by atoms with Gasteiger partial charge in [0.15, 0.2) is 11.5 Å². The van der Waals surface area contributed by atoms with Crippen LogP contribution in [0.2, 0.25) is 0 Å². The van der Waals surface area contributed by atoms with Gasteiger partial charge in [0.2, 0.25) is 5.91 Å². The Morgan fingerprint density at radius 2 is 1.71 bits per heavy atom. The second kappa shape index (κ2) is 10.5. The van der Waals surface area contributed by atoms with E-state index in [0.29, 0.717) is 37.5 Å². The fourth-order valence-electron chi connectivity index (χ4n) is 3.20. The second-order valence-electron chi connectivity index (χ2n) is 7.20. The molecular weight excluding hydrogens is 396 g/mol. The average molecular weight is 424 g/mol. The van der Waals surface area contributed by atoms with Gasteiger partial charge in [-0.3, -0.25) is 4.79 Å². The molecule has 2 aromatic carbocycles. The highest BCUT2D eigenvalue weighted by molar-refractivity contribution is 5.78. The summed E-state index contributed by atoms with van der Waals surface area (Å²) in [6.07, 6.45) is 1.02. The summed E-state index contributed by atoms with van der Waals surface area (Å²) in [6, 6.07) is 13.3. The van der Waals surface area contributed by atoms with Gasteiger partial charge >= 0.3 is 0 Å². The molecule has 0 saturated carbocycles. The number of amides is 1. The highest BCUT2D eigenvalue weighted by Gasteiger charge is 2.10. The highest BCUT2D eigenvalue weighted by atomic mass is 16.5. The number of ether oxygens (including phenoxy) is 3. The second-order valence-corrected chi connectivity index (χ2v) is 7.20. The largest absolute Gasteiger partial charge is 0.493 e. The predicted octanol–water partition coefficient (Wildman–Crippen LogP) is 3.79. The van der Waals surface area contributed by atoms with Crippen molar-refractivity contribution in [1.82, 2.24) is 10.5 Å². The molecule has 1 amide bonds. The zero-order valence-electron chi connectivity index (χ0n) is 18.4. The summed E-state index contributed by atoms with van der Waals surface area (Å²) < 4.78 is 21.5. The van der Waals surface area contributed by atoms with Gasteiger partial charge in [-0.2, -0.15) is 0 Å². The molecule has 0 aliphatic carbocycles. The minimum absolute atomic E-state index is 0.0233. The van der Waals surface area contributed by atoms with Crippen LogP contribution in [0.5, 0.6) is 17.2 Å². The number of carbonyl (C=O) groups excluding carboxylic acids is 1. The summed E-state index contributed by atoms with van der Waals surface area (Å²) in [5.74, 6) is 2.85. The number of aromatic nitrogens is 1. The van der Waals surface area contributed by atoms with E-state index in [1.807, 2.05) is 56.3 Å². The van der Waals surface area contributed by atoms with Crippen molar-refractivity contribution in [2.75, 3.05) is 20.8 Å². The molecule has 1 heterocycles. The number of methoxy groups -OCH3 is 2. The smallest absolute Gasteiger partial charge is 0.224 e. The molecule has 3 aromatic rings. The number of hydrogen-bond donors (Lipinski definition) is 1. The number of carbonyl (C=O) groups is 1. The topological polar surface area (TPSA) is 82.8 Å². The van der Waals surface area contributed by atoms with E-state index in [1.54, 1.807) is 14.2 Å². The summed E-state index contributed by atoms with van der Waals surface area (Å²) >= 11 is 0. The van der Waals surface area contributed by atoms with Crippen molar-refractivity contribution < 1.29 is 23.5 Å². The fraction of sp³-hybridized carbons (Fsp3) is 0.333. The number of rotatable bonds is 10. The zero-order valence-corrected chi connectivity index (χ0v) is 18.4. The van der Waals surface area contributed by atoms with E-state index in [-0.39, 0.29) is 5.91 Å². The molecule has 0 aliphatic rings. The summed E-state index contributed by atoms with van der Waals surface area (Å²) in [7, 11) is 3.21. The van der Waals surface area contributed by atoms with E-state index in [9.17, 15) is 4.79 Å². The first-order chi connectivity index (χ1) is 15.0. The predicted molar refractivity (Wildman–Crippen MR) is 117 cm³/mol. The molecule has 0 aliphatic heterocycles. The van der Waals surface area contributed by atoms with Crippen molar-refractivity contribution in [3.05, 3.63) is 70.6 Å². The Labute approximate surface area is 182 Å². The number of benzene rings is 2. The molecule has 0 atom stereocenters. The summed E-state index contributed by atoms with van der Waals surface area (Å²) in [6.45, 7) is 4.71. The number of nitrogens with one attached hydrogen (secondary N) is 1. The molecule has 0 bridgehead atoms. The Morgan fingerprint density at radius 1 is 1.00 bits per heavy atom. The normalized spacial score (nSPS) is 10.6. The summed E-state index contributed by atoms with van der Waals surface area (Å²) in [5.41, 5.74) is 3.78. The lowest BCUT2D eigenvalue weighted by Crippen LogP contribution is -2.27. The van der Waals surface area contributed by atoms with Crippen LogP contribution in [-0.2, 0) is 24.2 Å². The molecule has 0 fully saturated rings. The maximum atomic E-state index is 12.3. The Balaban J connectivity index is 1.44. The van der Waals surface area contributed by atoms with Gasteiger partial charge in [-0.25, -0.2) is 0 Å². The van der Waals surface area contributed by atoms with Gasteiger partial charge in [-0.15, -0.1) is 0 Å². The van der Waals surface area contributed by atoms with Gasteiger partial charge in [-0.05, 0) is 55.7 Å². The van der Waals surface area contributed by atoms with E-state index in [1.165, 1.54) is 0 Å². The summed E-state index contributed by atoms with van der Waals surface area (Å²) in [5, 5.41) is 6.88. The van der Waals surface area contributed by atoms with Crippen molar-refractivity contribution in [3.8, 4) is 17.2 Å². The van der Waals surface area contributed by atoms with E-state index < -0.39 is 0 Å². The third-order valence-corrected chi connectivity index (χ3v) is 5.04. The van der Waals surface area contributed by atoms with Crippen LogP contribution in [0.3, 0.4) is 0 Å². The molecule has 31 heavy (non-hydrogen) atoms. The van der Waals surface area contributed by atoms with E-state index >= 15 is 0 Å². The lowest BCUT2D eigenvalue weighted by molar-refractivity contribution is -0.120. The van der Waals surface area contributed by atoms with Crippen molar-refractivity contribution in [1.29, 1.82) is 0 Å². The first-order valence-electron chi connectivity index (χ1n) is 10.1. The molecule has 0 unspecified atom stereocenters. The standard InChI is InChI=1S/C24H28N2O5/c1-16-21(17(2)31-26-16)15-30-20-8-5-18(6-9-20)14-24(27)25-12-11-19-7-10-22(28-3)23(13-19)29-4/h5-10,13H,11-12,14-15H2,1-4H3,(H,25,27). The van der Waals surface area contributed by atoms with Gasteiger partial charge in [-0.1, -0.05) is 23.4 Å². The maximum absolute atomic E-state index is 12.3. The van der Waals surface area contributed by atoms with Crippen LogP contribution in [0.15, 0.2) is 47.0 Å². The molecule has 0 saturated heterocycles. The molecule has 0 radical (unpaired) electrons. The average Bonchev–Trinajstić information content (AvgIpc) is 3.10. The third-order valence-electron chi connectivity index (χ3n) is 5.04. The van der Waals surface area contributed by atoms with Gasteiger partial charge in [0.1, 0.15) is 18.1 Å². The van der Waals surface area contributed by atoms with Crippen LogP contribution >= 0.6 is 0 Å². The van der Waals surface area contributed by atoms with Gasteiger partial charge in [0.05, 0.1) is 31.9 Å². The lowest BCUT2D eigenvalue weighted by Gasteiger charge is -2.10. The monoisotopic (exact) mass is 424 g/mol. The lowest BCUT2D eigenvalue weighted by atomic mass is 10.1. The Hall–Kier alpha value is -3.48. The van der Waals surface area contributed by atoms with Crippen molar-refractivity contribution in [3.63, 3.8) is 0 Å². The molecule has 7 heteroatoms. The van der Waals surface area contributed by atoms with Crippen LogP contribution in [0.25, 0.3) is 0 Å². The molecule has 164 valence electrons. The molecule has 1 N–H and O–H groups in total. The van der Waals surface area contributed by atoms with Crippen LogP contribution in [0.4, 0.5) is 0 Å². The van der Waals surface area contributed by atoms with Crippen LogP contribution in [0, 0.1) is 13.8 Å². The van der Waals surface area contributed by atoms with Gasteiger partial charge < -0.3 is 24.1 Å². The number of nitrogens with zero attached hydrogens (tertiary/aromatic N) is 1. The van der Waals surface area contributed by atoms with Crippen molar-refractivity contribution in [2.45, 2.75) is 33.3 Å². The van der Waals surface area contributed by atoms with Crippen LogP contribution in [0.1, 0.15) is 28.1 Å². The van der Waals surface area contributed by atoms with Gasteiger partial charge in [0.25, 0.3) is 0 Å². The molecule has 3 rings (SSSR count). The van der Waals surface area contributed by atoms with E-state index in [4.69, 9.17) is 18.7 Å². The Kier molecular flexibility index (Phi) is 7.54. The first kappa shape index (κ1) is 22.2. The van der Waals surface area contributed by atoms with Crippen molar-refractivity contribution >= 4 is 5.91 Å². The zero-order chi connectivity index (χ0) is 22.2. The summed E-state index contributed by atoms with van der Waals surface area (Å²) in [4.78, 5) is 12.3. The minimum Gasteiger partial charge on any atom is -0.493 e. The SMILES string of the molecule is COc1ccc(CCNC(=O)Cc2ccc(OCc3c(C)noc3C)cc2)cc1OC. The van der Waals surface area contributed by atoms with E-state index in [2.05, 4.69) is 10.5 Å². The first-order valence-corrected chi connectivity index (χ1v) is 10.1. The number of aryl methyl sites for hydroxylation is 2. The Bertz CT molecular complexity index is 992. The number of hydrogen-bond acceptors (Lipinski definition) is 6. The van der Waals surface area contributed by atoms with Gasteiger partial charge in [0, 0.05) is 6.54 Å². The molecule has 1 aromatic heterocycles. The van der Waals surface area contributed by atoms with Crippen molar-refractivity contribution in [2.24, 2.45) is 0 Å².